The fourth-order valence-electron chi connectivity index (χ4n) is 1.94. The van der Waals surface area contributed by atoms with Crippen molar-refractivity contribution in [3.05, 3.63) is 57.6 Å². The molecule has 0 amide bonds. The molecule has 0 atom stereocenters. The van der Waals surface area contributed by atoms with E-state index < -0.39 is 5.97 Å². The second-order valence-corrected chi connectivity index (χ2v) is 5.02. The van der Waals surface area contributed by atoms with Crippen LogP contribution in [0, 0.1) is 0 Å². The summed E-state index contributed by atoms with van der Waals surface area (Å²) in [6.45, 7) is 0. The summed E-state index contributed by atoms with van der Waals surface area (Å²) in [5.74, 6) is -0.0729. The molecule has 0 aliphatic rings. The molecule has 3 aromatic rings. The van der Waals surface area contributed by atoms with Gasteiger partial charge in [-0.2, -0.15) is 0 Å². The number of ether oxygens (including phenoxy) is 1. The maximum absolute atomic E-state index is 12.1. The number of fused-ring (bicyclic) bond motifs is 1. The summed E-state index contributed by atoms with van der Waals surface area (Å²) in [7, 11) is 1.30. The van der Waals surface area contributed by atoms with Crippen LogP contribution in [0.2, 0.25) is 0 Å². The van der Waals surface area contributed by atoms with Crippen LogP contribution in [0.3, 0.4) is 0 Å². The summed E-state index contributed by atoms with van der Waals surface area (Å²) in [5, 5.41) is 1.58. The van der Waals surface area contributed by atoms with Crippen LogP contribution in [-0.2, 0) is 4.74 Å². The summed E-state index contributed by atoms with van der Waals surface area (Å²) in [5.41, 5.74) is 1.19. The summed E-state index contributed by atoms with van der Waals surface area (Å²) in [4.78, 5) is 23.8. The van der Waals surface area contributed by atoms with E-state index in [1.165, 1.54) is 24.5 Å². The van der Waals surface area contributed by atoms with Crippen molar-refractivity contribution < 1.29 is 13.9 Å². The van der Waals surface area contributed by atoms with Crippen molar-refractivity contribution in [2.24, 2.45) is 0 Å². The molecule has 100 valence electrons. The first-order valence-electron chi connectivity index (χ1n) is 5.90. The Balaban J connectivity index is 2.27. The Hall–Kier alpha value is -2.40. The van der Waals surface area contributed by atoms with Crippen molar-refractivity contribution in [2.45, 2.75) is 0 Å². The normalized spacial score (nSPS) is 10.7. The Morgan fingerprint density at radius 1 is 1.25 bits per heavy atom. The molecule has 0 N–H and O–H groups in total. The molecule has 20 heavy (non-hydrogen) atoms. The van der Waals surface area contributed by atoms with E-state index in [0.29, 0.717) is 10.5 Å². The minimum atomic E-state index is -0.510. The molecular weight excluding hydrogens is 276 g/mol. The maximum atomic E-state index is 12.1. The van der Waals surface area contributed by atoms with Crippen molar-refractivity contribution in [3.8, 4) is 11.3 Å². The van der Waals surface area contributed by atoms with Gasteiger partial charge in [0, 0.05) is 17.0 Å². The SMILES string of the molecule is COC(=O)c1csc2c(=O)cc(-c3ccccc3)oc12. The molecule has 0 aliphatic carbocycles. The first-order chi connectivity index (χ1) is 9.70. The van der Waals surface area contributed by atoms with Gasteiger partial charge in [0.15, 0.2) is 5.58 Å². The number of benzene rings is 1. The highest BCUT2D eigenvalue weighted by molar-refractivity contribution is 7.17. The standard InChI is InChI=1S/C15H10O4S/c1-18-15(17)10-8-20-14-11(16)7-12(19-13(10)14)9-5-3-2-4-6-9/h2-8H,1H3. The van der Waals surface area contributed by atoms with Crippen LogP contribution in [0.4, 0.5) is 0 Å². The number of methoxy groups -OCH3 is 1. The number of carbonyl (C=O) groups is 1. The molecule has 0 aliphatic heterocycles. The van der Waals surface area contributed by atoms with Crippen molar-refractivity contribution in [3.63, 3.8) is 0 Å². The Morgan fingerprint density at radius 2 is 2.00 bits per heavy atom. The van der Waals surface area contributed by atoms with E-state index in [2.05, 4.69) is 0 Å². The lowest BCUT2D eigenvalue weighted by Crippen LogP contribution is -2.02. The second-order valence-electron chi connectivity index (χ2n) is 4.14. The third kappa shape index (κ3) is 2.02. The van der Waals surface area contributed by atoms with Crippen LogP contribution in [-0.4, -0.2) is 13.1 Å². The van der Waals surface area contributed by atoms with Crippen LogP contribution >= 0.6 is 11.3 Å². The van der Waals surface area contributed by atoms with E-state index in [9.17, 15) is 9.59 Å². The molecule has 0 fully saturated rings. The Morgan fingerprint density at radius 3 is 2.70 bits per heavy atom. The van der Waals surface area contributed by atoms with E-state index >= 15 is 0 Å². The van der Waals surface area contributed by atoms with Gasteiger partial charge < -0.3 is 9.15 Å². The third-order valence-corrected chi connectivity index (χ3v) is 3.88. The highest BCUT2D eigenvalue weighted by Gasteiger charge is 2.18. The van der Waals surface area contributed by atoms with E-state index in [0.717, 1.165) is 5.56 Å². The van der Waals surface area contributed by atoms with Gasteiger partial charge in [-0.15, -0.1) is 11.3 Å². The molecule has 2 heterocycles. The lowest BCUT2D eigenvalue weighted by Gasteiger charge is -2.02. The van der Waals surface area contributed by atoms with Crippen LogP contribution in [0.25, 0.3) is 21.6 Å². The molecule has 0 bridgehead atoms. The number of thiophene rings is 1. The molecule has 3 rings (SSSR count). The number of carbonyl (C=O) groups excluding carboxylic acids is 1. The predicted octanol–water partition coefficient (Wildman–Crippen LogP) is 3.31. The Bertz CT molecular complexity index is 830. The van der Waals surface area contributed by atoms with Crippen molar-refractivity contribution in [1.29, 1.82) is 0 Å². The molecule has 2 aromatic heterocycles. The van der Waals surface area contributed by atoms with Gasteiger partial charge in [-0.1, -0.05) is 30.3 Å². The Labute approximate surface area is 118 Å². The van der Waals surface area contributed by atoms with Gasteiger partial charge in [0.05, 0.1) is 7.11 Å². The van der Waals surface area contributed by atoms with Gasteiger partial charge in [-0.25, -0.2) is 4.79 Å². The molecule has 0 radical (unpaired) electrons. The smallest absolute Gasteiger partial charge is 0.342 e. The largest absolute Gasteiger partial charge is 0.465 e. The number of hydrogen-bond donors (Lipinski definition) is 0. The van der Waals surface area contributed by atoms with Gasteiger partial charge in [-0.05, 0) is 0 Å². The molecule has 0 saturated carbocycles. The lowest BCUT2D eigenvalue weighted by atomic mass is 10.1. The fourth-order valence-corrected chi connectivity index (χ4v) is 2.81. The van der Waals surface area contributed by atoms with Crippen LogP contribution < -0.4 is 5.43 Å². The minimum Gasteiger partial charge on any atom is -0.465 e. The average Bonchev–Trinajstić information content (AvgIpc) is 2.92. The summed E-state index contributed by atoms with van der Waals surface area (Å²) in [6, 6.07) is 10.7. The number of esters is 1. The highest BCUT2D eigenvalue weighted by Crippen LogP contribution is 2.28. The highest BCUT2D eigenvalue weighted by atomic mass is 32.1. The quantitative estimate of drug-likeness (QED) is 0.678. The summed E-state index contributed by atoms with van der Waals surface area (Å²) >= 11 is 1.18. The topological polar surface area (TPSA) is 56.5 Å². The third-order valence-electron chi connectivity index (χ3n) is 2.91. The van der Waals surface area contributed by atoms with E-state index in [4.69, 9.17) is 9.15 Å². The molecule has 0 unspecified atom stereocenters. The fraction of sp³-hybridized carbons (Fsp3) is 0.0667. The molecule has 4 nitrogen and oxygen atoms in total. The zero-order chi connectivity index (χ0) is 14.1. The zero-order valence-corrected chi connectivity index (χ0v) is 11.4. The average molecular weight is 286 g/mol. The summed E-state index contributed by atoms with van der Waals surface area (Å²) in [6.07, 6.45) is 0. The predicted molar refractivity (Wildman–Crippen MR) is 77.1 cm³/mol. The summed E-state index contributed by atoms with van der Waals surface area (Å²) < 4.78 is 10.8. The van der Waals surface area contributed by atoms with Gasteiger partial charge in [0.1, 0.15) is 16.0 Å². The first-order valence-corrected chi connectivity index (χ1v) is 6.78. The minimum absolute atomic E-state index is 0.162. The van der Waals surface area contributed by atoms with E-state index in [1.807, 2.05) is 30.3 Å². The van der Waals surface area contributed by atoms with Gasteiger partial charge >= 0.3 is 5.97 Å². The van der Waals surface area contributed by atoms with Crippen LogP contribution in [0.15, 0.2) is 51.0 Å². The lowest BCUT2D eigenvalue weighted by molar-refractivity contribution is 0.0602. The maximum Gasteiger partial charge on any atom is 0.342 e. The molecular formula is C15H10O4S. The molecule has 0 saturated heterocycles. The first kappa shape index (κ1) is 12.6. The van der Waals surface area contributed by atoms with Gasteiger partial charge in [-0.3, -0.25) is 4.79 Å². The van der Waals surface area contributed by atoms with Gasteiger partial charge in [0.2, 0.25) is 5.43 Å². The van der Waals surface area contributed by atoms with Crippen molar-refractivity contribution >= 4 is 27.6 Å². The van der Waals surface area contributed by atoms with Crippen LogP contribution in [0.1, 0.15) is 10.4 Å². The Kier molecular flexibility index (Phi) is 3.12. The van der Waals surface area contributed by atoms with Crippen LogP contribution in [0.5, 0.6) is 0 Å². The zero-order valence-electron chi connectivity index (χ0n) is 10.6. The molecule has 0 spiro atoms. The molecule has 1 aromatic carbocycles. The van der Waals surface area contributed by atoms with E-state index in [1.54, 1.807) is 5.38 Å². The monoisotopic (exact) mass is 286 g/mol. The van der Waals surface area contributed by atoms with Gasteiger partial charge in [0.25, 0.3) is 0 Å². The second kappa shape index (κ2) is 4.94. The number of hydrogen-bond acceptors (Lipinski definition) is 5. The van der Waals surface area contributed by atoms with Crippen molar-refractivity contribution in [2.75, 3.05) is 7.11 Å². The van der Waals surface area contributed by atoms with Crippen molar-refractivity contribution in [1.82, 2.24) is 0 Å². The number of rotatable bonds is 2. The van der Waals surface area contributed by atoms with E-state index in [-0.39, 0.29) is 16.6 Å². The molecule has 5 heteroatoms.